The lowest BCUT2D eigenvalue weighted by Gasteiger charge is -2.19. The van der Waals surface area contributed by atoms with Crippen LogP contribution in [0.1, 0.15) is 11.1 Å². The van der Waals surface area contributed by atoms with Crippen molar-refractivity contribution in [3.05, 3.63) is 47.3 Å². The molecule has 0 radical (unpaired) electrons. The van der Waals surface area contributed by atoms with Crippen molar-refractivity contribution in [2.45, 2.75) is 12.8 Å². The average molecular weight is 345 g/mol. The van der Waals surface area contributed by atoms with Gasteiger partial charge in [0.25, 0.3) is 0 Å². The van der Waals surface area contributed by atoms with Crippen LogP contribution >= 0.6 is 0 Å². The van der Waals surface area contributed by atoms with Crippen molar-refractivity contribution in [2.75, 3.05) is 32.8 Å². The summed E-state index contributed by atoms with van der Waals surface area (Å²) in [7, 11) is 4.57. The molecule has 0 aromatic heterocycles. The van der Waals surface area contributed by atoms with Crippen molar-refractivity contribution in [3.63, 3.8) is 0 Å². The Balaban J connectivity index is 1.88. The largest absolute Gasteiger partial charge is 0.493 e. The number of anilines is 1. The Bertz CT molecular complexity index is 781. The maximum atomic E-state index is 14.1. The second kappa shape index (κ2) is 7.01. The summed E-state index contributed by atoms with van der Waals surface area (Å²) in [6, 6.07) is 8.37. The van der Waals surface area contributed by atoms with Crippen LogP contribution in [0.3, 0.4) is 0 Å². The number of benzene rings is 2. The maximum Gasteiger partial charge on any atom is 0.231 e. The van der Waals surface area contributed by atoms with Gasteiger partial charge in [-0.15, -0.1) is 0 Å². The summed E-state index contributed by atoms with van der Waals surface area (Å²) in [5.74, 6) is 0.903. The first-order chi connectivity index (χ1) is 12.1. The zero-order chi connectivity index (χ0) is 18.0. The highest BCUT2D eigenvalue weighted by atomic mass is 19.1. The predicted octanol–water partition coefficient (Wildman–Crippen LogP) is 2.98. The van der Waals surface area contributed by atoms with Crippen LogP contribution in [-0.2, 0) is 17.6 Å². The fourth-order valence-corrected chi connectivity index (χ4v) is 3.16. The van der Waals surface area contributed by atoms with Crippen molar-refractivity contribution < 1.29 is 23.4 Å². The molecule has 132 valence electrons. The minimum atomic E-state index is -0.367. The average Bonchev–Trinajstić information content (AvgIpc) is 3.06. The van der Waals surface area contributed by atoms with Gasteiger partial charge in [0.15, 0.2) is 11.5 Å². The first-order valence-corrected chi connectivity index (χ1v) is 7.95. The molecule has 5 nitrogen and oxygen atoms in total. The Kier molecular flexibility index (Phi) is 4.79. The van der Waals surface area contributed by atoms with Crippen LogP contribution < -0.4 is 19.1 Å². The summed E-state index contributed by atoms with van der Waals surface area (Å²) >= 11 is 0. The highest BCUT2D eigenvalue weighted by Gasteiger charge is 2.28. The van der Waals surface area contributed by atoms with Crippen molar-refractivity contribution in [1.82, 2.24) is 0 Å². The minimum Gasteiger partial charge on any atom is -0.493 e. The molecule has 1 aliphatic rings. The van der Waals surface area contributed by atoms with Gasteiger partial charge in [0, 0.05) is 6.54 Å². The Hall–Kier alpha value is -2.76. The van der Waals surface area contributed by atoms with Gasteiger partial charge in [-0.25, -0.2) is 4.39 Å². The molecule has 3 rings (SSSR count). The fourth-order valence-electron chi connectivity index (χ4n) is 3.16. The molecule has 1 heterocycles. The standard InChI is InChI=1S/C19H20FNO4/c1-23-15-9-12(10-16(24-2)19(15)25-3)11-17(22)21-8-7-13-5-4-6-14(20)18(13)21/h4-6,9-10H,7-8,11H2,1-3H3. The van der Waals surface area contributed by atoms with E-state index in [1.54, 1.807) is 18.2 Å². The molecule has 0 fully saturated rings. The molecule has 0 N–H and O–H groups in total. The van der Waals surface area contributed by atoms with Gasteiger partial charge in [-0.3, -0.25) is 4.79 Å². The van der Waals surface area contributed by atoms with Crippen LogP contribution in [0.5, 0.6) is 17.2 Å². The molecule has 0 bridgehead atoms. The van der Waals surface area contributed by atoms with Gasteiger partial charge in [-0.05, 0) is 35.7 Å². The topological polar surface area (TPSA) is 48.0 Å². The molecular formula is C19H20FNO4. The molecule has 0 unspecified atom stereocenters. The first-order valence-electron chi connectivity index (χ1n) is 7.95. The second-order valence-electron chi connectivity index (χ2n) is 5.75. The number of ether oxygens (including phenoxy) is 3. The summed E-state index contributed by atoms with van der Waals surface area (Å²) < 4.78 is 30.0. The lowest BCUT2D eigenvalue weighted by atomic mass is 10.1. The lowest BCUT2D eigenvalue weighted by molar-refractivity contribution is -0.117. The third-order valence-corrected chi connectivity index (χ3v) is 4.33. The van der Waals surface area contributed by atoms with E-state index in [1.165, 1.54) is 32.3 Å². The van der Waals surface area contributed by atoms with Gasteiger partial charge >= 0.3 is 0 Å². The summed E-state index contributed by atoms with van der Waals surface area (Å²) in [5, 5.41) is 0. The van der Waals surface area contributed by atoms with Gasteiger partial charge in [0.05, 0.1) is 33.4 Å². The van der Waals surface area contributed by atoms with E-state index in [-0.39, 0.29) is 18.1 Å². The smallest absolute Gasteiger partial charge is 0.231 e. The van der Waals surface area contributed by atoms with Crippen molar-refractivity contribution >= 4 is 11.6 Å². The number of hydrogen-bond acceptors (Lipinski definition) is 4. The van der Waals surface area contributed by atoms with Crippen LogP contribution in [0.15, 0.2) is 30.3 Å². The van der Waals surface area contributed by atoms with E-state index in [0.29, 0.717) is 41.5 Å². The van der Waals surface area contributed by atoms with E-state index < -0.39 is 0 Å². The molecule has 2 aromatic rings. The number of amides is 1. The molecule has 0 saturated carbocycles. The highest BCUT2D eigenvalue weighted by molar-refractivity contribution is 5.97. The normalized spacial score (nSPS) is 12.7. The number of rotatable bonds is 5. The number of hydrogen-bond donors (Lipinski definition) is 0. The predicted molar refractivity (Wildman–Crippen MR) is 92.3 cm³/mol. The Morgan fingerprint density at radius 2 is 1.80 bits per heavy atom. The summed E-state index contributed by atoms with van der Waals surface area (Å²) in [6.07, 6.45) is 0.776. The molecular weight excluding hydrogens is 325 g/mol. The molecule has 1 aliphatic heterocycles. The van der Waals surface area contributed by atoms with Gasteiger partial charge in [-0.2, -0.15) is 0 Å². The number of carbonyl (C=O) groups is 1. The SMILES string of the molecule is COc1cc(CC(=O)N2CCc3cccc(F)c32)cc(OC)c1OC. The Morgan fingerprint density at radius 3 is 2.40 bits per heavy atom. The highest BCUT2D eigenvalue weighted by Crippen LogP contribution is 2.39. The van der Waals surface area contributed by atoms with Crippen molar-refractivity contribution in [1.29, 1.82) is 0 Å². The van der Waals surface area contributed by atoms with Crippen LogP contribution in [-0.4, -0.2) is 33.8 Å². The van der Waals surface area contributed by atoms with E-state index in [1.807, 2.05) is 6.07 Å². The van der Waals surface area contributed by atoms with Gasteiger partial charge in [0.1, 0.15) is 5.82 Å². The van der Waals surface area contributed by atoms with Crippen LogP contribution in [0.4, 0.5) is 10.1 Å². The first kappa shape index (κ1) is 17.1. The second-order valence-corrected chi connectivity index (χ2v) is 5.75. The molecule has 0 atom stereocenters. The van der Waals surface area contributed by atoms with E-state index in [4.69, 9.17) is 14.2 Å². The number of fused-ring (bicyclic) bond motifs is 1. The van der Waals surface area contributed by atoms with E-state index in [2.05, 4.69) is 0 Å². The molecule has 0 spiro atoms. The summed E-state index contributed by atoms with van der Waals surface area (Å²) in [4.78, 5) is 14.2. The van der Waals surface area contributed by atoms with Crippen molar-refractivity contribution in [2.24, 2.45) is 0 Å². The van der Waals surface area contributed by atoms with Crippen LogP contribution in [0, 0.1) is 5.82 Å². The monoisotopic (exact) mass is 345 g/mol. The quantitative estimate of drug-likeness (QED) is 0.836. The van der Waals surface area contributed by atoms with E-state index >= 15 is 0 Å². The molecule has 6 heteroatoms. The third-order valence-electron chi connectivity index (χ3n) is 4.33. The molecule has 0 aliphatic carbocycles. The van der Waals surface area contributed by atoms with Gasteiger partial charge in [0.2, 0.25) is 11.7 Å². The van der Waals surface area contributed by atoms with Crippen LogP contribution in [0.25, 0.3) is 0 Å². The fraction of sp³-hybridized carbons (Fsp3) is 0.316. The number of carbonyl (C=O) groups excluding carboxylic acids is 1. The van der Waals surface area contributed by atoms with Crippen molar-refractivity contribution in [3.8, 4) is 17.2 Å². The van der Waals surface area contributed by atoms with Gasteiger partial charge in [-0.1, -0.05) is 12.1 Å². The number of para-hydroxylation sites is 1. The maximum absolute atomic E-state index is 14.1. The summed E-state index contributed by atoms with van der Waals surface area (Å²) in [6.45, 7) is 0.486. The van der Waals surface area contributed by atoms with E-state index in [9.17, 15) is 9.18 Å². The third kappa shape index (κ3) is 3.12. The summed E-state index contributed by atoms with van der Waals surface area (Å²) in [5.41, 5.74) is 1.96. The molecule has 25 heavy (non-hydrogen) atoms. The molecule has 0 saturated heterocycles. The van der Waals surface area contributed by atoms with Crippen LogP contribution in [0.2, 0.25) is 0 Å². The Morgan fingerprint density at radius 1 is 1.12 bits per heavy atom. The molecule has 2 aromatic carbocycles. The minimum absolute atomic E-state index is 0.116. The van der Waals surface area contributed by atoms with E-state index in [0.717, 1.165) is 5.56 Å². The lowest BCUT2D eigenvalue weighted by Crippen LogP contribution is -2.31. The number of nitrogens with zero attached hydrogens (tertiary/aromatic N) is 1. The zero-order valence-electron chi connectivity index (χ0n) is 14.5. The Labute approximate surface area is 145 Å². The van der Waals surface area contributed by atoms with Gasteiger partial charge < -0.3 is 19.1 Å². The zero-order valence-corrected chi connectivity index (χ0v) is 14.5. The number of methoxy groups -OCH3 is 3. The number of halogens is 1. The molecule has 1 amide bonds.